The summed E-state index contributed by atoms with van der Waals surface area (Å²) < 4.78 is 5.52. The third kappa shape index (κ3) is 2.63. The van der Waals surface area contributed by atoms with Crippen LogP contribution in [-0.2, 0) is 14.3 Å². The van der Waals surface area contributed by atoms with Gasteiger partial charge in [0, 0.05) is 26.1 Å². The number of aliphatic hydroxyl groups is 1. The Morgan fingerprint density at radius 2 is 2.22 bits per heavy atom. The van der Waals surface area contributed by atoms with Gasteiger partial charge in [-0.05, 0) is 6.92 Å². The summed E-state index contributed by atoms with van der Waals surface area (Å²) >= 11 is 0. The van der Waals surface area contributed by atoms with Crippen LogP contribution in [0.4, 0.5) is 0 Å². The van der Waals surface area contributed by atoms with Gasteiger partial charge in [-0.15, -0.1) is 0 Å². The zero-order chi connectivity index (χ0) is 13.3. The number of hydrogen-bond donors (Lipinski definition) is 3. The van der Waals surface area contributed by atoms with E-state index in [1.807, 2.05) is 6.92 Å². The molecule has 102 valence electrons. The van der Waals surface area contributed by atoms with Gasteiger partial charge in [-0.25, -0.2) is 0 Å². The topological polar surface area (TPSA) is 105 Å². The molecule has 0 bridgehead atoms. The summed E-state index contributed by atoms with van der Waals surface area (Å²) in [5, 5.41) is 12.6. The third-order valence-corrected chi connectivity index (χ3v) is 3.47. The predicted octanol–water partition coefficient (Wildman–Crippen LogP) is -2.19. The first-order valence-corrected chi connectivity index (χ1v) is 6.03. The molecule has 18 heavy (non-hydrogen) atoms. The van der Waals surface area contributed by atoms with Crippen molar-refractivity contribution in [2.24, 2.45) is 5.73 Å². The second-order valence-corrected chi connectivity index (χ2v) is 5.20. The minimum atomic E-state index is -0.719. The lowest BCUT2D eigenvalue weighted by atomic mass is 10.0. The number of carbonyl (C=O) groups excluding carboxylic acids is 2. The standard InChI is InChI=1S/C11H19N3O4/c1-11(5-13-6-11)18-4-9(16)14-3-7(15)2-8(14)10(12)17/h7-8,13,15H,2-6H2,1H3,(H2,12,17). The second-order valence-electron chi connectivity index (χ2n) is 5.20. The zero-order valence-corrected chi connectivity index (χ0v) is 10.4. The summed E-state index contributed by atoms with van der Waals surface area (Å²) in [7, 11) is 0. The van der Waals surface area contributed by atoms with Crippen molar-refractivity contribution in [2.45, 2.75) is 31.1 Å². The molecule has 0 aromatic carbocycles. The van der Waals surface area contributed by atoms with Gasteiger partial charge in [0.05, 0.1) is 11.7 Å². The van der Waals surface area contributed by atoms with Crippen molar-refractivity contribution in [2.75, 3.05) is 26.2 Å². The molecule has 2 unspecified atom stereocenters. The molecule has 4 N–H and O–H groups in total. The van der Waals surface area contributed by atoms with E-state index in [1.54, 1.807) is 0 Å². The maximum atomic E-state index is 12.0. The maximum Gasteiger partial charge on any atom is 0.249 e. The van der Waals surface area contributed by atoms with Gasteiger partial charge in [-0.1, -0.05) is 0 Å². The van der Waals surface area contributed by atoms with Crippen LogP contribution in [0.1, 0.15) is 13.3 Å². The van der Waals surface area contributed by atoms with E-state index in [0.29, 0.717) is 13.1 Å². The van der Waals surface area contributed by atoms with Crippen LogP contribution in [0.25, 0.3) is 0 Å². The number of primary amides is 1. The van der Waals surface area contributed by atoms with Crippen LogP contribution >= 0.6 is 0 Å². The molecular formula is C11H19N3O4. The number of ether oxygens (including phenoxy) is 1. The number of amides is 2. The first-order chi connectivity index (χ1) is 8.41. The van der Waals surface area contributed by atoms with Crippen molar-refractivity contribution in [3.8, 4) is 0 Å². The Kier molecular flexibility index (Phi) is 3.56. The number of aliphatic hydroxyl groups excluding tert-OH is 1. The molecule has 2 atom stereocenters. The molecule has 0 radical (unpaired) electrons. The average molecular weight is 257 g/mol. The minimum absolute atomic E-state index is 0.0886. The molecule has 2 fully saturated rings. The van der Waals surface area contributed by atoms with E-state index in [0.717, 1.165) is 0 Å². The van der Waals surface area contributed by atoms with Gasteiger partial charge >= 0.3 is 0 Å². The number of carbonyl (C=O) groups is 2. The summed E-state index contributed by atoms with van der Waals surface area (Å²) in [6, 6.07) is -0.719. The molecule has 0 aromatic rings. The Bertz CT molecular complexity index is 356. The van der Waals surface area contributed by atoms with Crippen molar-refractivity contribution < 1.29 is 19.4 Å². The van der Waals surface area contributed by atoms with E-state index in [9.17, 15) is 14.7 Å². The van der Waals surface area contributed by atoms with Crippen molar-refractivity contribution >= 4 is 11.8 Å². The van der Waals surface area contributed by atoms with Gasteiger partial charge in [-0.3, -0.25) is 9.59 Å². The Hall–Kier alpha value is -1.18. The Balaban J connectivity index is 1.89. The smallest absolute Gasteiger partial charge is 0.249 e. The fourth-order valence-corrected chi connectivity index (χ4v) is 2.26. The molecule has 2 saturated heterocycles. The molecule has 7 heteroatoms. The number of β-amino-alcohol motifs (C(OH)–C–C–N with tert-alkyl or cyclic N) is 1. The molecule has 0 spiro atoms. The van der Waals surface area contributed by atoms with Crippen LogP contribution < -0.4 is 11.1 Å². The molecule has 2 rings (SSSR count). The monoisotopic (exact) mass is 257 g/mol. The van der Waals surface area contributed by atoms with Crippen molar-refractivity contribution in [3.63, 3.8) is 0 Å². The van der Waals surface area contributed by atoms with Gasteiger partial charge in [0.2, 0.25) is 11.8 Å². The van der Waals surface area contributed by atoms with Crippen LogP contribution in [0.2, 0.25) is 0 Å². The van der Waals surface area contributed by atoms with E-state index in [4.69, 9.17) is 10.5 Å². The van der Waals surface area contributed by atoms with Crippen LogP contribution in [0, 0.1) is 0 Å². The molecule has 0 aliphatic carbocycles. The highest BCUT2D eigenvalue weighted by atomic mass is 16.5. The van der Waals surface area contributed by atoms with Gasteiger partial charge in [0.25, 0.3) is 0 Å². The van der Waals surface area contributed by atoms with Gasteiger partial charge < -0.3 is 25.8 Å². The molecule has 2 heterocycles. The second kappa shape index (κ2) is 4.83. The largest absolute Gasteiger partial charge is 0.391 e. The molecule has 0 aromatic heterocycles. The summed E-state index contributed by atoms with van der Waals surface area (Å²) in [6.07, 6.45) is -0.479. The van der Waals surface area contributed by atoms with Crippen molar-refractivity contribution in [1.29, 1.82) is 0 Å². The van der Waals surface area contributed by atoms with Crippen molar-refractivity contribution in [3.05, 3.63) is 0 Å². The highest BCUT2D eigenvalue weighted by molar-refractivity contribution is 5.87. The lowest BCUT2D eigenvalue weighted by Gasteiger charge is -2.39. The minimum Gasteiger partial charge on any atom is -0.391 e. The Morgan fingerprint density at radius 1 is 1.56 bits per heavy atom. The first-order valence-electron chi connectivity index (χ1n) is 6.03. The molecule has 2 aliphatic rings. The van der Waals surface area contributed by atoms with Crippen LogP contribution in [0.3, 0.4) is 0 Å². The number of nitrogens with two attached hydrogens (primary N) is 1. The van der Waals surface area contributed by atoms with Gasteiger partial charge in [0.15, 0.2) is 0 Å². The van der Waals surface area contributed by atoms with Crippen LogP contribution in [0.15, 0.2) is 0 Å². The van der Waals surface area contributed by atoms with E-state index in [2.05, 4.69) is 5.32 Å². The molecule has 0 saturated carbocycles. The number of rotatable bonds is 4. The molecule has 2 aliphatic heterocycles. The van der Waals surface area contributed by atoms with Gasteiger partial charge in [-0.2, -0.15) is 0 Å². The van der Waals surface area contributed by atoms with E-state index < -0.39 is 18.1 Å². The third-order valence-electron chi connectivity index (χ3n) is 3.47. The fourth-order valence-electron chi connectivity index (χ4n) is 2.26. The average Bonchev–Trinajstić information content (AvgIpc) is 2.66. The molecule has 7 nitrogen and oxygen atoms in total. The normalized spacial score (nSPS) is 30.0. The van der Waals surface area contributed by atoms with E-state index in [1.165, 1.54) is 4.90 Å². The SMILES string of the molecule is CC1(OCC(=O)N2CC(O)CC2C(N)=O)CNC1. The summed E-state index contributed by atoms with van der Waals surface area (Å²) in [4.78, 5) is 24.5. The first kappa shape index (κ1) is 13.3. The van der Waals surface area contributed by atoms with E-state index >= 15 is 0 Å². The quantitative estimate of drug-likeness (QED) is 0.531. The highest BCUT2D eigenvalue weighted by Gasteiger charge is 2.39. The van der Waals surface area contributed by atoms with Crippen LogP contribution in [-0.4, -0.2) is 65.8 Å². The zero-order valence-electron chi connectivity index (χ0n) is 10.4. The summed E-state index contributed by atoms with van der Waals surface area (Å²) in [5.74, 6) is -0.889. The molecule has 2 amide bonds. The van der Waals surface area contributed by atoms with Gasteiger partial charge in [0.1, 0.15) is 12.6 Å². The lowest BCUT2D eigenvalue weighted by molar-refractivity contribution is -0.149. The lowest BCUT2D eigenvalue weighted by Crippen LogP contribution is -2.60. The Morgan fingerprint density at radius 3 is 2.72 bits per heavy atom. The molecular weight excluding hydrogens is 238 g/mol. The number of likely N-dealkylation sites (tertiary alicyclic amines) is 1. The predicted molar refractivity (Wildman–Crippen MR) is 62.5 cm³/mol. The number of nitrogens with zero attached hydrogens (tertiary/aromatic N) is 1. The van der Waals surface area contributed by atoms with Crippen molar-refractivity contribution in [1.82, 2.24) is 10.2 Å². The fraction of sp³-hybridized carbons (Fsp3) is 0.818. The van der Waals surface area contributed by atoms with E-state index in [-0.39, 0.29) is 31.1 Å². The van der Waals surface area contributed by atoms with Crippen LogP contribution in [0.5, 0.6) is 0 Å². The highest BCUT2D eigenvalue weighted by Crippen LogP contribution is 2.20. The number of hydrogen-bond acceptors (Lipinski definition) is 5. The summed E-state index contributed by atoms with van der Waals surface area (Å²) in [5.41, 5.74) is 4.90. The number of nitrogens with one attached hydrogen (secondary N) is 1. The summed E-state index contributed by atoms with van der Waals surface area (Å²) in [6.45, 7) is 3.39. The Labute approximate surface area is 105 Å². The maximum absolute atomic E-state index is 12.0.